The summed E-state index contributed by atoms with van der Waals surface area (Å²) in [5.41, 5.74) is 0.332. The molecule has 0 radical (unpaired) electrons. The highest BCUT2D eigenvalue weighted by Gasteiger charge is 2.25. The molecule has 2 nitrogen and oxygen atoms in total. The molecule has 2 heteroatoms. The standard InChI is InChI=1S/C11H24N2/c1-11(2,10-12-3)13-8-6-4-5-7-9-13/h12H,4-10H2,1-3H3. The Morgan fingerprint density at radius 2 is 1.62 bits per heavy atom. The van der Waals surface area contributed by atoms with Gasteiger partial charge >= 0.3 is 0 Å². The van der Waals surface area contributed by atoms with Crippen LogP contribution in [0.3, 0.4) is 0 Å². The number of likely N-dealkylation sites (N-methyl/N-ethyl adjacent to an activating group) is 1. The molecule has 0 unspecified atom stereocenters. The molecule has 0 atom stereocenters. The maximum Gasteiger partial charge on any atom is 0.0277 e. The van der Waals surface area contributed by atoms with E-state index in [4.69, 9.17) is 0 Å². The van der Waals surface area contributed by atoms with Gasteiger partial charge in [-0.2, -0.15) is 0 Å². The zero-order valence-corrected chi connectivity index (χ0v) is 9.40. The molecule has 1 aliphatic rings. The molecule has 78 valence electrons. The highest BCUT2D eigenvalue weighted by Crippen LogP contribution is 2.19. The normalized spacial score (nSPS) is 21.5. The van der Waals surface area contributed by atoms with E-state index in [1.165, 1.54) is 38.8 Å². The van der Waals surface area contributed by atoms with Crippen LogP contribution in [0.2, 0.25) is 0 Å². The van der Waals surface area contributed by atoms with Crippen molar-refractivity contribution in [2.75, 3.05) is 26.7 Å². The lowest BCUT2D eigenvalue weighted by Gasteiger charge is -2.37. The summed E-state index contributed by atoms with van der Waals surface area (Å²) >= 11 is 0. The van der Waals surface area contributed by atoms with E-state index in [9.17, 15) is 0 Å². The van der Waals surface area contributed by atoms with Crippen LogP contribution in [-0.2, 0) is 0 Å². The maximum atomic E-state index is 3.28. The summed E-state index contributed by atoms with van der Waals surface area (Å²) in [5, 5.41) is 3.28. The van der Waals surface area contributed by atoms with Crippen molar-refractivity contribution in [2.24, 2.45) is 0 Å². The Kier molecular flexibility index (Phi) is 4.20. The summed E-state index contributed by atoms with van der Waals surface area (Å²) in [7, 11) is 2.04. The van der Waals surface area contributed by atoms with Gasteiger partial charge in [-0.3, -0.25) is 4.90 Å². The summed E-state index contributed by atoms with van der Waals surface area (Å²) < 4.78 is 0. The molecule has 1 fully saturated rings. The smallest absolute Gasteiger partial charge is 0.0277 e. The van der Waals surface area contributed by atoms with Crippen molar-refractivity contribution in [2.45, 2.75) is 45.1 Å². The van der Waals surface area contributed by atoms with Gasteiger partial charge in [0.25, 0.3) is 0 Å². The fourth-order valence-corrected chi connectivity index (χ4v) is 2.22. The van der Waals surface area contributed by atoms with Gasteiger partial charge in [-0.05, 0) is 46.8 Å². The second-order valence-electron chi connectivity index (χ2n) is 4.74. The molecular formula is C11H24N2. The lowest BCUT2D eigenvalue weighted by Crippen LogP contribution is -2.50. The van der Waals surface area contributed by atoms with Crippen LogP contribution in [0.4, 0.5) is 0 Å². The van der Waals surface area contributed by atoms with E-state index >= 15 is 0 Å². The Hall–Kier alpha value is -0.0800. The van der Waals surface area contributed by atoms with Crippen LogP contribution in [0.25, 0.3) is 0 Å². The summed E-state index contributed by atoms with van der Waals surface area (Å²) in [6.45, 7) is 8.35. The van der Waals surface area contributed by atoms with Crippen molar-refractivity contribution in [3.05, 3.63) is 0 Å². The Balaban J connectivity index is 2.46. The Morgan fingerprint density at radius 1 is 1.08 bits per heavy atom. The number of likely N-dealkylation sites (tertiary alicyclic amines) is 1. The number of hydrogen-bond acceptors (Lipinski definition) is 2. The molecule has 1 heterocycles. The van der Waals surface area contributed by atoms with Crippen molar-refractivity contribution in [1.82, 2.24) is 10.2 Å². The molecule has 0 saturated carbocycles. The largest absolute Gasteiger partial charge is 0.318 e. The Bertz CT molecular complexity index is 135. The van der Waals surface area contributed by atoms with E-state index in [2.05, 4.69) is 24.1 Å². The molecule has 13 heavy (non-hydrogen) atoms. The third-order valence-corrected chi connectivity index (χ3v) is 3.07. The second-order valence-corrected chi connectivity index (χ2v) is 4.74. The summed E-state index contributed by atoms with van der Waals surface area (Å²) in [5.74, 6) is 0. The SMILES string of the molecule is CNCC(C)(C)N1CCCCCC1. The van der Waals surface area contributed by atoms with Crippen LogP contribution in [0.15, 0.2) is 0 Å². The van der Waals surface area contributed by atoms with Crippen LogP contribution in [-0.4, -0.2) is 37.1 Å². The van der Waals surface area contributed by atoms with E-state index in [0.29, 0.717) is 5.54 Å². The first kappa shape index (κ1) is 11.0. The molecule has 0 aromatic rings. The predicted molar refractivity (Wildman–Crippen MR) is 58.0 cm³/mol. The quantitative estimate of drug-likeness (QED) is 0.720. The molecular weight excluding hydrogens is 160 g/mol. The third kappa shape index (κ3) is 3.28. The molecule has 1 aliphatic heterocycles. The van der Waals surface area contributed by atoms with E-state index in [-0.39, 0.29) is 0 Å². The summed E-state index contributed by atoms with van der Waals surface area (Å²) in [4.78, 5) is 2.64. The lowest BCUT2D eigenvalue weighted by molar-refractivity contribution is 0.125. The fourth-order valence-electron chi connectivity index (χ4n) is 2.22. The van der Waals surface area contributed by atoms with Crippen LogP contribution in [0.1, 0.15) is 39.5 Å². The zero-order chi connectivity index (χ0) is 9.73. The second kappa shape index (κ2) is 4.97. The number of hydrogen-bond donors (Lipinski definition) is 1. The molecule has 0 aromatic heterocycles. The monoisotopic (exact) mass is 184 g/mol. The van der Waals surface area contributed by atoms with Crippen molar-refractivity contribution in [3.8, 4) is 0 Å². The molecule has 1 saturated heterocycles. The molecule has 0 spiro atoms. The number of rotatable bonds is 3. The van der Waals surface area contributed by atoms with Crippen LogP contribution in [0.5, 0.6) is 0 Å². The van der Waals surface area contributed by atoms with Gasteiger partial charge in [0.1, 0.15) is 0 Å². The summed E-state index contributed by atoms with van der Waals surface area (Å²) in [6.07, 6.45) is 5.61. The molecule has 0 aromatic carbocycles. The van der Waals surface area contributed by atoms with Crippen molar-refractivity contribution in [1.29, 1.82) is 0 Å². The van der Waals surface area contributed by atoms with Gasteiger partial charge in [0, 0.05) is 12.1 Å². The van der Waals surface area contributed by atoms with Crippen LogP contribution in [0, 0.1) is 0 Å². The molecule has 0 bridgehead atoms. The first-order chi connectivity index (χ1) is 6.17. The van der Waals surface area contributed by atoms with Gasteiger partial charge in [-0.25, -0.2) is 0 Å². The summed E-state index contributed by atoms with van der Waals surface area (Å²) in [6, 6.07) is 0. The first-order valence-corrected chi connectivity index (χ1v) is 5.56. The first-order valence-electron chi connectivity index (χ1n) is 5.56. The van der Waals surface area contributed by atoms with Gasteiger partial charge < -0.3 is 5.32 Å². The number of nitrogens with zero attached hydrogens (tertiary/aromatic N) is 1. The average molecular weight is 184 g/mol. The van der Waals surface area contributed by atoms with E-state index in [0.717, 1.165) is 6.54 Å². The van der Waals surface area contributed by atoms with Gasteiger partial charge in [-0.1, -0.05) is 12.8 Å². The molecule has 1 rings (SSSR count). The van der Waals surface area contributed by atoms with Crippen LogP contribution < -0.4 is 5.32 Å². The van der Waals surface area contributed by atoms with Gasteiger partial charge in [-0.15, -0.1) is 0 Å². The maximum absolute atomic E-state index is 3.28. The van der Waals surface area contributed by atoms with Gasteiger partial charge in [0.15, 0.2) is 0 Å². The molecule has 1 N–H and O–H groups in total. The Morgan fingerprint density at radius 3 is 2.08 bits per heavy atom. The van der Waals surface area contributed by atoms with Crippen molar-refractivity contribution in [3.63, 3.8) is 0 Å². The van der Waals surface area contributed by atoms with Crippen molar-refractivity contribution < 1.29 is 0 Å². The van der Waals surface area contributed by atoms with E-state index in [1.54, 1.807) is 0 Å². The van der Waals surface area contributed by atoms with Crippen LogP contribution >= 0.6 is 0 Å². The van der Waals surface area contributed by atoms with Gasteiger partial charge in [0.2, 0.25) is 0 Å². The zero-order valence-electron chi connectivity index (χ0n) is 9.40. The number of nitrogens with one attached hydrogen (secondary N) is 1. The third-order valence-electron chi connectivity index (χ3n) is 3.07. The topological polar surface area (TPSA) is 15.3 Å². The minimum atomic E-state index is 0.332. The fraction of sp³-hybridized carbons (Fsp3) is 1.00. The van der Waals surface area contributed by atoms with Crippen molar-refractivity contribution >= 4 is 0 Å². The minimum Gasteiger partial charge on any atom is -0.318 e. The van der Waals surface area contributed by atoms with E-state index < -0.39 is 0 Å². The molecule has 0 amide bonds. The minimum absolute atomic E-state index is 0.332. The highest BCUT2D eigenvalue weighted by molar-refractivity contribution is 4.84. The van der Waals surface area contributed by atoms with Gasteiger partial charge in [0.05, 0.1) is 0 Å². The average Bonchev–Trinajstić information content (AvgIpc) is 2.31. The predicted octanol–water partition coefficient (Wildman–Crippen LogP) is 1.86. The lowest BCUT2D eigenvalue weighted by atomic mass is 10.0. The molecule has 0 aliphatic carbocycles. The Labute approximate surface area is 82.7 Å². The van der Waals surface area contributed by atoms with E-state index in [1.807, 2.05) is 7.05 Å². The highest BCUT2D eigenvalue weighted by atomic mass is 15.2.